The van der Waals surface area contributed by atoms with Crippen molar-refractivity contribution in [2.24, 2.45) is 10.4 Å². The molecule has 0 fully saturated rings. The molecule has 0 spiro atoms. The van der Waals surface area contributed by atoms with Crippen molar-refractivity contribution in [2.75, 3.05) is 0 Å². The van der Waals surface area contributed by atoms with E-state index in [0.717, 1.165) is 50.2 Å². The van der Waals surface area contributed by atoms with Crippen molar-refractivity contribution in [3.8, 4) is 11.1 Å². The molecule has 0 bridgehead atoms. The number of rotatable bonds is 5. The van der Waals surface area contributed by atoms with Crippen LogP contribution in [0.4, 0.5) is 11.4 Å². The average Bonchev–Trinajstić information content (AvgIpc) is 2.77. The van der Waals surface area contributed by atoms with E-state index < -0.39 is 5.41 Å². The minimum atomic E-state index is -0.557. The van der Waals surface area contributed by atoms with Crippen LogP contribution >= 0.6 is 0 Å². The van der Waals surface area contributed by atoms with Crippen LogP contribution < -0.4 is 18.9 Å². The SMILES string of the molecule is CC(=Nc1c(C)cccc1C)/C(C(=O)C(C)(C)C)=C(/C)c1ccc([NH-])c(-c2c(C)cccc2C)c1.[Li+]. The summed E-state index contributed by atoms with van der Waals surface area (Å²) >= 11 is 0. The zero-order valence-corrected chi connectivity index (χ0v) is 23.6. The zero-order valence-electron chi connectivity index (χ0n) is 23.6. The molecular weight excluding hydrogens is 435 g/mol. The maximum Gasteiger partial charge on any atom is 1.00 e. The molecule has 3 aromatic rings. The fourth-order valence-electron chi connectivity index (χ4n) is 4.55. The quantitative estimate of drug-likeness (QED) is 0.239. The Morgan fingerprint density at radius 3 is 1.81 bits per heavy atom. The maximum atomic E-state index is 13.7. The number of carbonyl (C=O) groups excluding carboxylic acids is 1. The van der Waals surface area contributed by atoms with Gasteiger partial charge in [0.2, 0.25) is 0 Å². The Morgan fingerprint density at radius 1 is 0.806 bits per heavy atom. The van der Waals surface area contributed by atoms with E-state index in [-0.39, 0.29) is 24.6 Å². The minimum absolute atomic E-state index is 0. The van der Waals surface area contributed by atoms with Gasteiger partial charge in [0.15, 0.2) is 5.78 Å². The van der Waals surface area contributed by atoms with Gasteiger partial charge in [-0.15, -0.1) is 5.69 Å². The second-order valence-corrected chi connectivity index (χ2v) is 10.5. The van der Waals surface area contributed by atoms with E-state index in [0.29, 0.717) is 17.0 Å². The molecule has 1 N–H and O–H groups in total. The zero-order chi connectivity index (χ0) is 26.1. The number of Topliss-reactive ketones (excluding diaryl/α,β-unsaturated/α-hetero) is 1. The number of nitrogens with one attached hydrogen (secondary N) is 1. The normalized spacial score (nSPS) is 12.6. The van der Waals surface area contributed by atoms with Gasteiger partial charge in [0.25, 0.3) is 0 Å². The van der Waals surface area contributed by atoms with E-state index in [1.807, 2.05) is 84.9 Å². The molecule has 0 atom stereocenters. The molecule has 0 aliphatic rings. The van der Waals surface area contributed by atoms with E-state index in [9.17, 15) is 4.79 Å². The minimum Gasteiger partial charge on any atom is -0.698 e. The van der Waals surface area contributed by atoms with Crippen molar-refractivity contribution in [2.45, 2.75) is 62.3 Å². The third-order valence-electron chi connectivity index (χ3n) is 6.57. The van der Waals surface area contributed by atoms with Crippen molar-refractivity contribution in [1.82, 2.24) is 0 Å². The molecule has 3 nitrogen and oxygen atoms in total. The molecule has 0 saturated carbocycles. The topological polar surface area (TPSA) is 53.2 Å². The molecule has 4 heteroatoms. The van der Waals surface area contributed by atoms with Crippen LogP contribution in [0, 0.1) is 33.1 Å². The molecule has 0 aliphatic heterocycles. The van der Waals surface area contributed by atoms with Gasteiger partial charge in [-0.05, 0) is 92.1 Å². The van der Waals surface area contributed by atoms with Gasteiger partial charge >= 0.3 is 18.9 Å². The summed E-state index contributed by atoms with van der Waals surface area (Å²) in [5.41, 5.74) is 19.0. The van der Waals surface area contributed by atoms with Crippen LogP contribution in [0.15, 0.2) is 65.2 Å². The monoisotopic (exact) mass is 472 g/mol. The van der Waals surface area contributed by atoms with Gasteiger partial charge in [0, 0.05) is 16.7 Å². The van der Waals surface area contributed by atoms with Crippen molar-refractivity contribution in [3.63, 3.8) is 0 Å². The van der Waals surface area contributed by atoms with E-state index in [1.54, 1.807) is 0 Å². The van der Waals surface area contributed by atoms with Gasteiger partial charge in [-0.1, -0.05) is 69.3 Å². The summed E-state index contributed by atoms with van der Waals surface area (Å²) in [5.74, 6) is 0.0612. The number of para-hydroxylation sites is 1. The first kappa shape index (κ1) is 29.4. The third kappa shape index (κ3) is 6.09. The van der Waals surface area contributed by atoms with Gasteiger partial charge in [-0.3, -0.25) is 9.79 Å². The van der Waals surface area contributed by atoms with E-state index >= 15 is 0 Å². The Bertz CT molecular complexity index is 1320. The number of carbonyl (C=O) groups is 1. The van der Waals surface area contributed by atoms with Crippen molar-refractivity contribution in [1.29, 1.82) is 0 Å². The number of aliphatic imine (C=N–C) groups is 1. The second-order valence-electron chi connectivity index (χ2n) is 10.5. The van der Waals surface area contributed by atoms with E-state index in [1.165, 1.54) is 0 Å². The summed E-state index contributed by atoms with van der Waals surface area (Å²) < 4.78 is 0. The average molecular weight is 473 g/mol. The van der Waals surface area contributed by atoms with Gasteiger partial charge in [0.05, 0.1) is 5.69 Å². The van der Waals surface area contributed by atoms with Crippen LogP contribution in [-0.2, 0) is 4.79 Å². The number of ketones is 1. The molecule has 3 aromatic carbocycles. The number of benzene rings is 3. The summed E-state index contributed by atoms with van der Waals surface area (Å²) in [6, 6.07) is 18.1. The molecule has 0 aliphatic carbocycles. The summed E-state index contributed by atoms with van der Waals surface area (Å²) in [5, 5.41) is 0. The van der Waals surface area contributed by atoms with Crippen molar-refractivity contribution in [3.05, 3.63) is 93.7 Å². The molecule has 0 aromatic heterocycles. The first-order chi connectivity index (χ1) is 16.3. The van der Waals surface area contributed by atoms with E-state index in [2.05, 4.69) is 32.0 Å². The molecular formula is C32H37LiN2O. The van der Waals surface area contributed by atoms with Crippen LogP contribution in [0.25, 0.3) is 22.4 Å². The Balaban J connectivity index is 0.00000456. The number of hydrogen-bond donors (Lipinski definition) is 0. The molecule has 0 amide bonds. The van der Waals surface area contributed by atoms with Crippen LogP contribution in [0.3, 0.4) is 0 Å². The molecule has 0 unspecified atom stereocenters. The largest absolute Gasteiger partial charge is 1.00 e. The maximum absolute atomic E-state index is 13.7. The number of nitrogens with zero attached hydrogens (tertiary/aromatic N) is 1. The fraction of sp³-hybridized carbons (Fsp3) is 0.312. The first-order valence-corrected chi connectivity index (χ1v) is 12.1. The Kier molecular flexibility index (Phi) is 9.35. The predicted octanol–water partition coefficient (Wildman–Crippen LogP) is 6.46. The van der Waals surface area contributed by atoms with Crippen molar-refractivity contribution < 1.29 is 23.7 Å². The predicted molar refractivity (Wildman–Crippen MR) is 151 cm³/mol. The smallest absolute Gasteiger partial charge is 0.698 e. The molecule has 0 heterocycles. The van der Waals surface area contributed by atoms with Crippen LogP contribution in [0.5, 0.6) is 0 Å². The fourth-order valence-corrected chi connectivity index (χ4v) is 4.55. The molecule has 3 rings (SSSR count). The number of allylic oxidation sites excluding steroid dienone is 2. The number of hydrogen-bond acceptors (Lipinski definition) is 2. The summed E-state index contributed by atoms with van der Waals surface area (Å²) in [4.78, 5) is 18.7. The van der Waals surface area contributed by atoms with Crippen molar-refractivity contribution >= 4 is 28.4 Å². The standard InChI is InChI=1S/C32H38N2O.Li/c1-19-12-10-13-20(2)28(19)26-18-25(16-17-27(26)33)23(5)29(31(35)32(7,8)9)24(6)34-30-21(3)14-11-15-22(30)4;/h10-18H,1-9H3,(H2,33,34,35);/q;+1/p-1. The van der Waals surface area contributed by atoms with Gasteiger partial charge in [0.1, 0.15) is 0 Å². The first-order valence-electron chi connectivity index (χ1n) is 12.1. The third-order valence-corrected chi connectivity index (χ3v) is 6.57. The van der Waals surface area contributed by atoms with Gasteiger partial charge < -0.3 is 5.73 Å². The molecule has 182 valence electrons. The number of aryl methyl sites for hydroxylation is 4. The van der Waals surface area contributed by atoms with Gasteiger partial charge in [-0.25, -0.2) is 0 Å². The van der Waals surface area contributed by atoms with Crippen LogP contribution in [0.2, 0.25) is 0 Å². The molecule has 36 heavy (non-hydrogen) atoms. The van der Waals surface area contributed by atoms with Crippen LogP contribution in [-0.4, -0.2) is 11.5 Å². The second kappa shape index (κ2) is 11.5. The van der Waals surface area contributed by atoms with Gasteiger partial charge in [-0.2, -0.15) is 0 Å². The summed E-state index contributed by atoms with van der Waals surface area (Å²) in [6.07, 6.45) is 0. The van der Waals surface area contributed by atoms with Crippen LogP contribution in [0.1, 0.15) is 62.4 Å². The summed E-state index contributed by atoms with van der Waals surface area (Å²) in [6.45, 7) is 18.0. The Labute approximate surface area is 229 Å². The Morgan fingerprint density at radius 2 is 1.31 bits per heavy atom. The summed E-state index contributed by atoms with van der Waals surface area (Å²) in [7, 11) is 0. The Hall–Kier alpha value is -2.86. The molecule has 0 radical (unpaired) electrons. The molecule has 0 saturated heterocycles. The van der Waals surface area contributed by atoms with E-state index in [4.69, 9.17) is 10.7 Å².